The number of benzene rings is 1. The first-order valence-corrected chi connectivity index (χ1v) is 11.2. The number of pyridine rings is 1. The van der Waals surface area contributed by atoms with E-state index in [1.54, 1.807) is 30.1 Å². The quantitative estimate of drug-likeness (QED) is 0.459. The molecule has 3 aromatic heterocycles. The van der Waals surface area contributed by atoms with Gasteiger partial charge in [-0.15, -0.1) is 0 Å². The van der Waals surface area contributed by atoms with Crippen molar-refractivity contribution < 1.29 is 13.9 Å². The number of rotatable bonds is 7. The first kappa shape index (κ1) is 21.7. The second-order valence-corrected chi connectivity index (χ2v) is 8.25. The van der Waals surface area contributed by atoms with Crippen molar-refractivity contribution in [3.05, 3.63) is 83.4 Å². The summed E-state index contributed by atoms with van der Waals surface area (Å²) in [6, 6.07) is 7.69. The number of aryl methyl sites for hydroxylation is 1. The molecule has 1 aliphatic rings. The van der Waals surface area contributed by atoms with Crippen molar-refractivity contribution in [1.29, 1.82) is 5.41 Å². The average Bonchev–Trinajstić information content (AvgIpc) is 3.50. The summed E-state index contributed by atoms with van der Waals surface area (Å²) >= 11 is 0. The van der Waals surface area contributed by atoms with Crippen molar-refractivity contribution >= 4 is 5.91 Å². The third-order valence-electron chi connectivity index (χ3n) is 6.14. The minimum atomic E-state index is -0.0276. The minimum Gasteiger partial charge on any atom is -0.497 e. The highest BCUT2D eigenvalue weighted by Gasteiger charge is 2.28. The third-order valence-corrected chi connectivity index (χ3v) is 6.14. The van der Waals surface area contributed by atoms with E-state index in [0.29, 0.717) is 25.2 Å². The fourth-order valence-corrected chi connectivity index (χ4v) is 4.38. The average molecular weight is 459 g/mol. The van der Waals surface area contributed by atoms with Gasteiger partial charge in [0.15, 0.2) is 0 Å². The normalized spacial score (nSPS) is 13.2. The highest BCUT2D eigenvalue weighted by atomic mass is 16.5. The molecule has 0 saturated carbocycles. The molecule has 1 aromatic carbocycles. The number of methoxy groups -OCH3 is 1. The molecule has 4 heterocycles. The number of nitrogens with zero attached hydrogens (tertiary/aromatic N) is 5. The van der Waals surface area contributed by atoms with Crippen molar-refractivity contribution in [3.63, 3.8) is 0 Å². The van der Waals surface area contributed by atoms with E-state index < -0.39 is 0 Å². The van der Waals surface area contributed by atoms with Crippen LogP contribution in [0.2, 0.25) is 0 Å². The Morgan fingerprint density at radius 3 is 2.79 bits per heavy atom. The van der Waals surface area contributed by atoms with E-state index in [2.05, 4.69) is 16.1 Å². The molecular formula is C25H26N6O3. The van der Waals surface area contributed by atoms with Gasteiger partial charge >= 0.3 is 0 Å². The Balaban J connectivity index is 1.54. The smallest absolute Gasteiger partial charge is 0.293 e. The van der Waals surface area contributed by atoms with Crippen LogP contribution < -0.4 is 10.4 Å². The number of hydrogen-bond donors (Lipinski definition) is 1. The number of carbonyl (C=O) groups excluding carboxylic acids is 1. The zero-order valence-corrected chi connectivity index (χ0v) is 19.2. The third kappa shape index (κ3) is 4.12. The summed E-state index contributed by atoms with van der Waals surface area (Å²) in [7, 11) is 1.62. The summed E-state index contributed by atoms with van der Waals surface area (Å²) < 4.78 is 14.0. The second-order valence-electron chi connectivity index (χ2n) is 8.25. The maximum absolute atomic E-state index is 13.6. The molecular weight excluding hydrogens is 432 g/mol. The lowest BCUT2D eigenvalue weighted by molar-refractivity contribution is 0.0725. The zero-order chi connectivity index (χ0) is 23.7. The molecule has 9 heteroatoms. The molecule has 1 amide bonds. The van der Waals surface area contributed by atoms with Crippen LogP contribution in [0.5, 0.6) is 5.75 Å². The Morgan fingerprint density at radius 2 is 2.06 bits per heavy atom. The number of aromatic nitrogens is 4. The molecule has 0 saturated heterocycles. The number of fused-ring (bicyclic) bond motifs is 1. The van der Waals surface area contributed by atoms with Crippen LogP contribution in [0, 0.1) is 5.41 Å². The molecule has 0 fully saturated rings. The maximum Gasteiger partial charge on any atom is 0.293 e. The summed E-state index contributed by atoms with van der Waals surface area (Å²) in [6.07, 6.45) is 9.50. The van der Waals surface area contributed by atoms with Crippen LogP contribution in [0.15, 0.2) is 59.7 Å². The minimum absolute atomic E-state index is 0.0276. The van der Waals surface area contributed by atoms with E-state index in [-0.39, 0.29) is 11.6 Å². The van der Waals surface area contributed by atoms with E-state index in [1.807, 2.05) is 41.0 Å². The van der Waals surface area contributed by atoms with Crippen molar-refractivity contribution in [2.24, 2.45) is 0 Å². The van der Waals surface area contributed by atoms with E-state index in [1.165, 1.54) is 6.26 Å². The van der Waals surface area contributed by atoms with Gasteiger partial charge < -0.3 is 14.1 Å². The Labute approximate surface area is 196 Å². The predicted molar refractivity (Wildman–Crippen MR) is 124 cm³/mol. The highest BCUT2D eigenvalue weighted by molar-refractivity contribution is 5.99. The largest absolute Gasteiger partial charge is 0.497 e. The number of ether oxygens (including phenoxy) is 1. The Hall–Kier alpha value is -4.14. The Bertz CT molecular complexity index is 1400. The van der Waals surface area contributed by atoms with Crippen LogP contribution in [-0.4, -0.2) is 43.8 Å². The molecule has 174 valence electrons. The Kier molecular flexibility index (Phi) is 5.75. The van der Waals surface area contributed by atoms with Gasteiger partial charge in [-0.25, -0.2) is 0 Å². The van der Waals surface area contributed by atoms with Crippen molar-refractivity contribution in [1.82, 2.24) is 24.2 Å². The fraction of sp³-hybridized carbons (Fsp3) is 0.280. The monoisotopic (exact) mass is 458 g/mol. The van der Waals surface area contributed by atoms with Crippen LogP contribution in [0.1, 0.15) is 34.1 Å². The summed E-state index contributed by atoms with van der Waals surface area (Å²) in [5, 5.41) is 12.4. The molecule has 4 aromatic rings. The number of carbonyl (C=O) groups is 1. The lowest BCUT2D eigenvalue weighted by Gasteiger charge is -2.30. The number of nitrogens with one attached hydrogen (secondary N) is 1. The molecule has 0 aliphatic carbocycles. The summed E-state index contributed by atoms with van der Waals surface area (Å²) in [4.78, 5) is 19.9. The van der Waals surface area contributed by atoms with E-state index in [4.69, 9.17) is 14.6 Å². The van der Waals surface area contributed by atoms with Crippen LogP contribution in [-0.2, 0) is 26.1 Å². The van der Waals surface area contributed by atoms with Crippen LogP contribution in [0.3, 0.4) is 0 Å². The topological polar surface area (TPSA) is 102 Å². The van der Waals surface area contributed by atoms with Gasteiger partial charge in [0.2, 0.25) is 0 Å². The van der Waals surface area contributed by atoms with E-state index in [0.717, 1.165) is 46.7 Å². The van der Waals surface area contributed by atoms with Gasteiger partial charge in [-0.1, -0.05) is 0 Å². The SMILES string of the molecule is CCn1cc(-c2cc(Cn3ccoc3=N)cc3c2CCN(Cc2cc(OC)ccn2)C3=O)cn1. The van der Waals surface area contributed by atoms with Gasteiger partial charge in [0.25, 0.3) is 11.6 Å². The second kappa shape index (κ2) is 9.01. The Morgan fingerprint density at radius 1 is 1.21 bits per heavy atom. The molecule has 0 bridgehead atoms. The number of hydrogen-bond acceptors (Lipinski definition) is 6. The van der Waals surface area contributed by atoms with Crippen molar-refractivity contribution in [2.75, 3.05) is 13.7 Å². The summed E-state index contributed by atoms with van der Waals surface area (Å²) in [6.45, 7) is 4.27. The zero-order valence-electron chi connectivity index (χ0n) is 19.2. The van der Waals surface area contributed by atoms with Crippen LogP contribution >= 0.6 is 0 Å². The molecule has 5 rings (SSSR count). The highest BCUT2D eigenvalue weighted by Crippen LogP contribution is 2.32. The standard InChI is InChI=1S/C25H26N6O3/c1-3-31-15-18(13-28-31)22-10-17(14-30-8-9-34-25(30)26)11-23-21(22)5-7-29(24(23)32)16-19-12-20(33-2)4-6-27-19/h4,6,8-13,15,26H,3,5,7,14,16H2,1-2H3. The van der Waals surface area contributed by atoms with Crippen molar-refractivity contribution in [3.8, 4) is 16.9 Å². The number of oxazole rings is 1. The van der Waals surface area contributed by atoms with Crippen molar-refractivity contribution in [2.45, 2.75) is 33.0 Å². The molecule has 0 atom stereocenters. The van der Waals surface area contributed by atoms with E-state index >= 15 is 0 Å². The van der Waals surface area contributed by atoms with Gasteiger partial charge in [-0.2, -0.15) is 5.10 Å². The van der Waals surface area contributed by atoms with Crippen LogP contribution in [0.25, 0.3) is 11.1 Å². The van der Waals surface area contributed by atoms with Gasteiger partial charge in [-0.3, -0.25) is 24.4 Å². The van der Waals surface area contributed by atoms with Gasteiger partial charge in [-0.05, 0) is 48.2 Å². The van der Waals surface area contributed by atoms with Gasteiger partial charge in [0.1, 0.15) is 12.0 Å². The predicted octanol–water partition coefficient (Wildman–Crippen LogP) is 3.09. The fourth-order valence-electron chi connectivity index (χ4n) is 4.38. The lowest BCUT2D eigenvalue weighted by atomic mass is 9.89. The molecule has 1 aliphatic heterocycles. The molecule has 0 spiro atoms. The molecule has 0 unspecified atom stereocenters. The van der Waals surface area contributed by atoms with Crippen LogP contribution in [0.4, 0.5) is 0 Å². The van der Waals surface area contributed by atoms with Gasteiger partial charge in [0, 0.05) is 48.9 Å². The molecule has 1 N–H and O–H groups in total. The lowest BCUT2D eigenvalue weighted by Crippen LogP contribution is -2.37. The maximum atomic E-state index is 13.6. The first-order valence-electron chi connectivity index (χ1n) is 11.2. The molecule has 34 heavy (non-hydrogen) atoms. The molecule has 9 nitrogen and oxygen atoms in total. The van der Waals surface area contributed by atoms with E-state index in [9.17, 15) is 4.79 Å². The molecule has 0 radical (unpaired) electrons. The summed E-state index contributed by atoms with van der Waals surface area (Å²) in [5.41, 5.74) is 5.48. The van der Waals surface area contributed by atoms with Gasteiger partial charge in [0.05, 0.1) is 32.1 Å². The first-order chi connectivity index (χ1) is 16.6. The number of amides is 1. The summed E-state index contributed by atoms with van der Waals surface area (Å²) in [5.74, 6) is 0.691.